The number of nitrogens with one attached hydrogen (secondary N) is 1. The van der Waals surface area contributed by atoms with Crippen molar-refractivity contribution in [2.75, 3.05) is 19.8 Å². The van der Waals surface area contributed by atoms with Crippen LogP contribution in [-0.2, 0) is 28.5 Å². The number of hydrogen-bond acceptors (Lipinski definition) is 7. The zero-order valence-corrected chi connectivity index (χ0v) is 17.0. The van der Waals surface area contributed by atoms with E-state index in [-0.39, 0.29) is 36.6 Å². The van der Waals surface area contributed by atoms with Crippen molar-refractivity contribution in [1.82, 2.24) is 5.32 Å². The predicted octanol–water partition coefficient (Wildman–Crippen LogP) is 1.88. The quantitative estimate of drug-likeness (QED) is 0.739. The van der Waals surface area contributed by atoms with Gasteiger partial charge in [0.1, 0.15) is 6.04 Å². The number of carbonyl (C=O) groups is 2. The minimum absolute atomic E-state index is 0.242. The van der Waals surface area contributed by atoms with Gasteiger partial charge >= 0.3 is 11.9 Å². The average Bonchev–Trinajstić information content (AvgIpc) is 3.07. The largest absolute Gasteiger partial charge is 0.466 e. The zero-order chi connectivity index (χ0) is 19.7. The Morgan fingerprint density at radius 3 is 2.15 bits per heavy atom. The van der Waals surface area contributed by atoms with Crippen molar-refractivity contribution in [3.8, 4) is 0 Å². The number of hydrogen-bond donors (Lipinski definition) is 1. The molecule has 0 aliphatic carbocycles. The predicted molar refractivity (Wildman–Crippen MR) is 95.3 cm³/mol. The van der Waals surface area contributed by atoms with Crippen LogP contribution in [0.1, 0.15) is 48.5 Å². The molecule has 150 valence electrons. The van der Waals surface area contributed by atoms with Crippen LogP contribution in [0, 0.1) is 17.3 Å². The standard InChI is InChI=1S/C19H33NO6/c1-8-23-16(21)13-12(11-10-25-19(6,7)26-11)14(17(22)24-9-2)20-15(13)18(3,4)5/h11-15,20H,8-10H2,1-7H3/t11?,12-,13-,14-,15+/m1/s1. The molecule has 26 heavy (non-hydrogen) atoms. The lowest BCUT2D eigenvalue weighted by molar-refractivity contribution is -0.164. The van der Waals surface area contributed by atoms with Crippen molar-refractivity contribution in [3.05, 3.63) is 0 Å². The Hall–Kier alpha value is -1.18. The summed E-state index contributed by atoms with van der Waals surface area (Å²) in [6.07, 6.45) is -0.395. The van der Waals surface area contributed by atoms with Crippen LogP contribution in [0.2, 0.25) is 0 Å². The molecule has 0 aromatic rings. The van der Waals surface area contributed by atoms with E-state index < -0.39 is 29.8 Å². The third-order valence-corrected chi connectivity index (χ3v) is 5.01. The van der Waals surface area contributed by atoms with Gasteiger partial charge < -0.3 is 18.9 Å². The van der Waals surface area contributed by atoms with Crippen molar-refractivity contribution in [3.63, 3.8) is 0 Å². The highest BCUT2D eigenvalue weighted by molar-refractivity contribution is 5.81. The van der Waals surface area contributed by atoms with Gasteiger partial charge in [-0.25, -0.2) is 0 Å². The van der Waals surface area contributed by atoms with Gasteiger partial charge in [-0.15, -0.1) is 0 Å². The molecule has 0 radical (unpaired) electrons. The Morgan fingerprint density at radius 1 is 1.12 bits per heavy atom. The van der Waals surface area contributed by atoms with Crippen molar-refractivity contribution in [2.24, 2.45) is 17.3 Å². The van der Waals surface area contributed by atoms with Crippen LogP contribution in [0.3, 0.4) is 0 Å². The highest BCUT2D eigenvalue weighted by atomic mass is 16.7. The van der Waals surface area contributed by atoms with Crippen molar-refractivity contribution >= 4 is 11.9 Å². The van der Waals surface area contributed by atoms with Crippen LogP contribution in [0.15, 0.2) is 0 Å². The maximum Gasteiger partial charge on any atom is 0.323 e. The maximum absolute atomic E-state index is 12.8. The van der Waals surface area contributed by atoms with Crippen LogP contribution >= 0.6 is 0 Å². The summed E-state index contributed by atoms with van der Waals surface area (Å²) in [5, 5.41) is 3.35. The molecule has 2 fully saturated rings. The topological polar surface area (TPSA) is 83.1 Å². The van der Waals surface area contributed by atoms with E-state index >= 15 is 0 Å². The molecule has 0 amide bonds. The summed E-state index contributed by atoms with van der Waals surface area (Å²) in [5.41, 5.74) is -0.258. The zero-order valence-electron chi connectivity index (χ0n) is 17.0. The third kappa shape index (κ3) is 4.38. The minimum Gasteiger partial charge on any atom is -0.466 e. The minimum atomic E-state index is -0.747. The highest BCUT2D eigenvalue weighted by Crippen LogP contribution is 2.43. The summed E-state index contributed by atoms with van der Waals surface area (Å²) >= 11 is 0. The Bertz CT molecular complexity index is 527. The van der Waals surface area contributed by atoms with Crippen LogP contribution in [-0.4, -0.2) is 55.7 Å². The lowest BCUT2D eigenvalue weighted by Crippen LogP contribution is -2.46. The summed E-state index contributed by atoms with van der Waals surface area (Å²) < 4.78 is 22.4. The number of carbonyl (C=O) groups excluding carboxylic acids is 2. The molecule has 1 unspecified atom stereocenters. The fraction of sp³-hybridized carbons (Fsp3) is 0.895. The molecule has 2 aliphatic heterocycles. The van der Waals surface area contributed by atoms with E-state index in [1.54, 1.807) is 13.8 Å². The van der Waals surface area contributed by atoms with E-state index in [2.05, 4.69) is 5.32 Å². The average molecular weight is 371 g/mol. The van der Waals surface area contributed by atoms with Gasteiger partial charge in [0.15, 0.2) is 5.79 Å². The number of rotatable bonds is 5. The number of ether oxygens (including phenoxy) is 4. The molecule has 0 aromatic heterocycles. The Balaban J connectivity index is 2.41. The molecule has 0 saturated carbocycles. The first-order chi connectivity index (χ1) is 12.0. The monoisotopic (exact) mass is 371 g/mol. The lowest BCUT2D eigenvalue weighted by atomic mass is 9.74. The summed E-state index contributed by atoms with van der Waals surface area (Å²) in [7, 11) is 0. The van der Waals surface area contributed by atoms with Gasteiger partial charge in [0.25, 0.3) is 0 Å². The number of esters is 2. The van der Waals surface area contributed by atoms with Crippen molar-refractivity contribution in [2.45, 2.75) is 72.4 Å². The first-order valence-electron chi connectivity index (χ1n) is 9.43. The molecule has 1 N–H and O–H groups in total. The second-order valence-electron chi connectivity index (χ2n) is 8.46. The van der Waals surface area contributed by atoms with Crippen LogP contribution in [0.25, 0.3) is 0 Å². The molecular formula is C19H33NO6. The van der Waals surface area contributed by atoms with Gasteiger partial charge in [-0.05, 0) is 33.1 Å². The SMILES string of the molecule is CCOC(=O)[C@@H]1[C@@H](C2COC(C)(C)O2)[C@H](C(=O)OCC)N[C@@H]1C(C)(C)C. The molecule has 7 heteroatoms. The van der Waals surface area contributed by atoms with E-state index in [0.29, 0.717) is 6.61 Å². The molecule has 0 spiro atoms. The summed E-state index contributed by atoms with van der Waals surface area (Å²) in [6, 6.07) is -0.885. The van der Waals surface area contributed by atoms with Gasteiger partial charge in [-0.1, -0.05) is 20.8 Å². The molecule has 7 nitrogen and oxygen atoms in total. The van der Waals surface area contributed by atoms with E-state index in [9.17, 15) is 9.59 Å². The Labute approximate surface area is 156 Å². The molecule has 2 heterocycles. The smallest absolute Gasteiger partial charge is 0.323 e. The van der Waals surface area contributed by atoms with E-state index in [1.165, 1.54) is 0 Å². The molecule has 0 bridgehead atoms. The highest BCUT2D eigenvalue weighted by Gasteiger charge is 2.58. The summed E-state index contributed by atoms with van der Waals surface area (Å²) in [4.78, 5) is 25.5. The molecule has 2 rings (SSSR count). The van der Waals surface area contributed by atoms with Crippen molar-refractivity contribution in [1.29, 1.82) is 0 Å². The fourth-order valence-electron chi connectivity index (χ4n) is 3.97. The van der Waals surface area contributed by atoms with Crippen molar-refractivity contribution < 1.29 is 28.5 Å². The first kappa shape index (κ1) is 21.1. The Kier molecular flexibility index (Phi) is 6.36. The molecule has 0 aromatic carbocycles. The normalized spacial score (nSPS) is 33.9. The second kappa shape index (κ2) is 7.82. The second-order valence-corrected chi connectivity index (χ2v) is 8.46. The van der Waals surface area contributed by atoms with Gasteiger partial charge in [-0.3, -0.25) is 14.9 Å². The van der Waals surface area contributed by atoms with Gasteiger partial charge in [0.05, 0.1) is 31.8 Å². The lowest BCUT2D eigenvalue weighted by Gasteiger charge is -2.33. The van der Waals surface area contributed by atoms with Crippen LogP contribution in [0.4, 0.5) is 0 Å². The summed E-state index contributed by atoms with van der Waals surface area (Å²) in [6.45, 7) is 14.2. The third-order valence-electron chi connectivity index (χ3n) is 5.01. The van der Waals surface area contributed by atoms with E-state index in [0.717, 1.165) is 0 Å². The van der Waals surface area contributed by atoms with E-state index in [1.807, 2.05) is 34.6 Å². The molecule has 5 atom stereocenters. The van der Waals surface area contributed by atoms with Crippen LogP contribution < -0.4 is 5.32 Å². The first-order valence-corrected chi connectivity index (χ1v) is 9.43. The summed E-state index contributed by atoms with van der Waals surface area (Å²) in [5.74, 6) is -2.37. The molecular weight excluding hydrogens is 338 g/mol. The van der Waals surface area contributed by atoms with Gasteiger partial charge in [-0.2, -0.15) is 0 Å². The van der Waals surface area contributed by atoms with Crippen LogP contribution in [0.5, 0.6) is 0 Å². The van der Waals surface area contributed by atoms with Gasteiger partial charge in [0.2, 0.25) is 0 Å². The fourth-order valence-corrected chi connectivity index (χ4v) is 3.97. The maximum atomic E-state index is 12.8. The van der Waals surface area contributed by atoms with E-state index in [4.69, 9.17) is 18.9 Å². The molecule has 2 saturated heterocycles. The van der Waals surface area contributed by atoms with Gasteiger partial charge in [0, 0.05) is 12.0 Å². The Morgan fingerprint density at radius 2 is 1.69 bits per heavy atom. The molecule has 2 aliphatic rings.